The summed E-state index contributed by atoms with van der Waals surface area (Å²) in [6.45, 7) is 1.54. The quantitative estimate of drug-likeness (QED) is 0.239. The second-order valence-corrected chi connectivity index (χ2v) is 7.59. The molecule has 0 amide bonds. The first-order chi connectivity index (χ1) is 15.0. The molecule has 2 aromatic heterocycles. The SMILES string of the molecule is CCCOC(=O)c1[nH]c(CNc2ncc[nH]2)c(-c2ccc(CO)c(CO)c2CO)c1Br. The average Bonchev–Trinajstić information content (AvgIpc) is 3.42. The molecule has 3 rings (SSSR count). The Hall–Kier alpha value is -2.66. The molecule has 0 saturated heterocycles. The highest BCUT2D eigenvalue weighted by molar-refractivity contribution is 9.10. The Labute approximate surface area is 187 Å². The van der Waals surface area contributed by atoms with Gasteiger partial charge in [0.1, 0.15) is 5.69 Å². The number of nitrogens with zero attached hydrogens (tertiary/aromatic N) is 1. The van der Waals surface area contributed by atoms with Crippen molar-refractivity contribution in [2.75, 3.05) is 11.9 Å². The zero-order chi connectivity index (χ0) is 22.4. The van der Waals surface area contributed by atoms with Crippen LogP contribution in [0.25, 0.3) is 11.1 Å². The molecule has 0 unspecified atom stereocenters. The van der Waals surface area contributed by atoms with E-state index in [0.29, 0.717) is 63.5 Å². The van der Waals surface area contributed by atoms with E-state index >= 15 is 0 Å². The highest BCUT2D eigenvalue weighted by Gasteiger charge is 2.25. The zero-order valence-corrected chi connectivity index (χ0v) is 18.6. The molecule has 1 aromatic carbocycles. The van der Waals surface area contributed by atoms with Crippen LogP contribution in [-0.2, 0) is 31.1 Å². The molecule has 10 heteroatoms. The summed E-state index contributed by atoms with van der Waals surface area (Å²) in [6, 6.07) is 3.44. The van der Waals surface area contributed by atoms with E-state index in [0.717, 1.165) is 0 Å². The summed E-state index contributed by atoms with van der Waals surface area (Å²) >= 11 is 3.52. The summed E-state index contributed by atoms with van der Waals surface area (Å²) in [5.41, 5.74) is 3.63. The van der Waals surface area contributed by atoms with Gasteiger partial charge in [0.05, 0.1) is 37.4 Å². The summed E-state index contributed by atoms with van der Waals surface area (Å²) in [4.78, 5) is 22.8. The number of hydrogen-bond acceptors (Lipinski definition) is 7. The van der Waals surface area contributed by atoms with Gasteiger partial charge in [-0.2, -0.15) is 0 Å². The van der Waals surface area contributed by atoms with E-state index in [1.54, 1.807) is 24.5 Å². The van der Waals surface area contributed by atoms with Gasteiger partial charge in [-0.25, -0.2) is 9.78 Å². The average molecular weight is 493 g/mol. The number of rotatable bonds is 10. The Morgan fingerprint density at radius 1 is 1.19 bits per heavy atom. The third-order valence-corrected chi connectivity index (χ3v) is 5.67. The molecule has 0 aliphatic carbocycles. The molecule has 0 spiro atoms. The maximum Gasteiger partial charge on any atom is 0.355 e. The number of aromatic amines is 2. The van der Waals surface area contributed by atoms with Gasteiger partial charge in [0, 0.05) is 23.7 Å². The van der Waals surface area contributed by atoms with E-state index in [-0.39, 0.29) is 25.5 Å². The summed E-state index contributed by atoms with van der Waals surface area (Å²) < 4.78 is 5.78. The maximum atomic E-state index is 12.6. The number of benzene rings is 1. The van der Waals surface area contributed by atoms with Gasteiger partial charge < -0.3 is 35.3 Å². The molecule has 0 aliphatic rings. The molecule has 0 fully saturated rings. The highest BCUT2D eigenvalue weighted by atomic mass is 79.9. The number of hydrogen-bond donors (Lipinski definition) is 6. The van der Waals surface area contributed by atoms with Crippen molar-refractivity contribution in [2.45, 2.75) is 39.7 Å². The van der Waals surface area contributed by atoms with Crippen molar-refractivity contribution >= 4 is 27.8 Å². The van der Waals surface area contributed by atoms with Crippen LogP contribution in [0.15, 0.2) is 29.0 Å². The van der Waals surface area contributed by atoms with Crippen LogP contribution in [-0.4, -0.2) is 42.8 Å². The first-order valence-corrected chi connectivity index (χ1v) is 10.6. The number of aromatic nitrogens is 3. The number of anilines is 1. The van der Waals surface area contributed by atoms with E-state index in [2.05, 4.69) is 36.2 Å². The minimum atomic E-state index is -0.501. The zero-order valence-electron chi connectivity index (χ0n) is 17.0. The van der Waals surface area contributed by atoms with Gasteiger partial charge in [-0.3, -0.25) is 0 Å². The Kier molecular flexibility index (Phi) is 7.85. The molecule has 6 N–H and O–H groups in total. The van der Waals surface area contributed by atoms with E-state index in [9.17, 15) is 20.1 Å². The Morgan fingerprint density at radius 3 is 2.58 bits per heavy atom. The molecular weight excluding hydrogens is 468 g/mol. The number of H-pyrrole nitrogens is 2. The van der Waals surface area contributed by atoms with Crippen LogP contribution in [0.5, 0.6) is 0 Å². The normalized spacial score (nSPS) is 11.0. The fourth-order valence-electron chi connectivity index (χ4n) is 3.38. The van der Waals surface area contributed by atoms with Crippen LogP contribution in [0, 0.1) is 0 Å². The molecule has 0 saturated carbocycles. The van der Waals surface area contributed by atoms with Crippen molar-refractivity contribution in [1.82, 2.24) is 15.0 Å². The maximum absolute atomic E-state index is 12.6. The Balaban J connectivity index is 2.13. The van der Waals surface area contributed by atoms with Crippen molar-refractivity contribution in [3.8, 4) is 11.1 Å². The van der Waals surface area contributed by atoms with Gasteiger partial charge >= 0.3 is 5.97 Å². The van der Waals surface area contributed by atoms with Crippen molar-refractivity contribution in [3.63, 3.8) is 0 Å². The first kappa shape index (κ1) is 23.0. The molecule has 31 heavy (non-hydrogen) atoms. The van der Waals surface area contributed by atoms with Gasteiger partial charge in [-0.05, 0) is 44.6 Å². The Bertz CT molecular complexity index is 1030. The largest absolute Gasteiger partial charge is 0.461 e. The Morgan fingerprint density at radius 2 is 1.97 bits per heavy atom. The smallest absolute Gasteiger partial charge is 0.355 e. The number of imidazole rings is 1. The topological polar surface area (TPSA) is 143 Å². The lowest BCUT2D eigenvalue weighted by Crippen LogP contribution is -2.08. The number of carbonyl (C=O) groups is 1. The van der Waals surface area contributed by atoms with Crippen molar-refractivity contribution in [1.29, 1.82) is 0 Å². The number of aliphatic hydroxyl groups excluding tert-OH is 3. The van der Waals surface area contributed by atoms with Crippen LogP contribution in [0.1, 0.15) is 46.2 Å². The molecule has 9 nitrogen and oxygen atoms in total. The summed E-state index contributed by atoms with van der Waals surface area (Å²) in [5.74, 6) is 0.0555. The van der Waals surface area contributed by atoms with E-state index < -0.39 is 5.97 Å². The fraction of sp³-hybridized carbons (Fsp3) is 0.333. The number of carbonyl (C=O) groups excluding carboxylic acids is 1. The van der Waals surface area contributed by atoms with Crippen LogP contribution < -0.4 is 5.32 Å². The molecule has 166 valence electrons. The standard InChI is InChI=1S/C21H25BrN4O5/c1-2-7-31-20(30)19-18(22)17(16(26-19)8-25-21-23-5-6-24-21)13-4-3-12(9-27)14(10-28)15(13)11-29/h3-6,26-29H,2,7-11H2,1H3,(H2,23,24,25). The van der Waals surface area contributed by atoms with Crippen LogP contribution >= 0.6 is 15.9 Å². The van der Waals surface area contributed by atoms with Crippen molar-refractivity contribution in [3.05, 3.63) is 57.1 Å². The molecule has 3 aromatic rings. The lowest BCUT2D eigenvalue weighted by Gasteiger charge is -2.16. The number of halogens is 1. The summed E-state index contributed by atoms with van der Waals surface area (Å²) in [5, 5.41) is 32.7. The van der Waals surface area contributed by atoms with Crippen LogP contribution in [0.3, 0.4) is 0 Å². The van der Waals surface area contributed by atoms with Gasteiger partial charge in [0.25, 0.3) is 0 Å². The van der Waals surface area contributed by atoms with E-state index in [1.807, 2.05) is 6.92 Å². The number of aliphatic hydroxyl groups is 3. The number of nitrogens with one attached hydrogen (secondary N) is 3. The third kappa shape index (κ3) is 4.82. The predicted molar refractivity (Wildman–Crippen MR) is 118 cm³/mol. The number of esters is 1. The first-order valence-electron chi connectivity index (χ1n) is 9.82. The third-order valence-electron chi connectivity index (χ3n) is 4.87. The minimum absolute atomic E-state index is 0.250. The lowest BCUT2D eigenvalue weighted by molar-refractivity contribution is 0.0497. The molecule has 0 aliphatic heterocycles. The minimum Gasteiger partial charge on any atom is -0.461 e. The summed E-state index contributed by atoms with van der Waals surface area (Å²) in [7, 11) is 0. The lowest BCUT2D eigenvalue weighted by atomic mass is 9.92. The summed E-state index contributed by atoms with van der Waals surface area (Å²) in [6.07, 6.45) is 4.00. The highest BCUT2D eigenvalue weighted by Crippen LogP contribution is 2.39. The second kappa shape index (κ2) is 10.6. The van der Waals surface area contributed by atoms with Gasteiger partial charge in [-0.1, -0.05) is 19.1 Å². The van der Waals surface area contributed by atoms with Crippen LogP contribution in [0.2, 0.25) is 0 Å². The second-order valence-electron chi connectivity index (χ2n) is 6.80. The number of ether oxygens (including phenoxy) is 1. The molecule has 2 heterocycles. The van der Waals surface area contributed by atoms with E-state index in [4.69, 9.17) is 4.74 Å². The van der Waals surface area contributed by atoms with Gasteiger partial charge in [-0.15, -0.1) is 0 Å². The predicted octanol–water partition coefficient (Wildman–Crippen LogP) is 2.82. The monoisotopic (exact) mass is 492 g/mol. The van der Waals surface area contributed by atoms with E-state index in [1.165, 1.54) is 0 Å². The molecule has 0 bridgehead atoms. The van der Waals surface area contributed by atoms with Crippen molar-refractivity contribution < 1.29 is 24.9 Å². The molecular formula is C21H25BrN4O5. The fourth-order valence-corrected chi connectivity index (χ4v) is 4.10. The van der Waals surface area contributed by atoms with Gasteiger partial charge in [0.2, 0.25) is 0 Å². The molecule has 0 radical (unpaired) electrons. The van der Waals surface area contributed by atoms with Gasteiger partial charge in [0.15, 0.2) is 5.95 Å². The van der Waals surface area contributed by atoms with Crippen molar-refractivity contribution in [2.24, 2.45) is 0 Å². The molecule has 0 atom stereocenters. The van der Waals surface area contributed by atoms with Crippen LogP contribution in [0.4, 0.5) is 5.95 Å².